The van der Waals surface area contributed by atoms with E-state index in [0.29, 0.717) is 10.0 Å². The van der Waals surface area contributed by atoms with Crippen molar-refractivity contribution in [2.75, 3.05) is 32.4 Å². The van der Waals surface area contributed by atoms with Gasteiger partial charge in [-0.3, -0.25) is 9.69 Å². The van der Waals surface area contributed by atoms with Gasteiger partial charge in [-0.15, -0.1) is 0 Å². The molecule has 1 aromatic carbocycles. The van der Waals surface area contributed by atoms with E-state index in [9.17, 15) is 4.79 Å². The molecule has 0 radical (unpaired) electrons. The molecule has 0 N–H and O–H groups in total. The summed E-state index contributed by atoms with van der Waals surface area (Å²) in [6.07, 6.45) is 1.97. The minimum atomic E-state index is 0.0407. The van der Waals surface area contributed by atoms with Crippen molar-refractivity contribution < 1.29 is 4.79 Å². The van der Waals surface area contributed by atoms with Crippen LogP contribution in [0.2, 0.25) is 10.0 Å². The molecule has 21 heavy (non-hydrogen) atoms. The van der Waals surface area contributed by atoms with E-state index >= 15 is 0 Å². The SMILES string of the molecule is CSC(C)C(=O)N1CCN(Cc2cccc(Cl)c2Cl)CC1. The van der Waals surface area contributed by atoms with Gasteiger partial charge in [0.05, 0.1) is 15.3 Å². The zero-order chi connectivity index (χ0) is 15.4. The van der Waals surface area contributed by atoms with Crippen LogP contribution < -0.4 is 0 Å². The maximum absolute atomic E-state index is 12.1. The summed E-state index contributed by atoms with van der Waals surface area (Å²) < 4.78 is 0. The quantitative estimate of drug-likeness (QED) is 0.834. The first-order valence-corrected chi connectivity index (χ1v) is 9.04. The predicted octanol–water partition coefficient (Wildman–Crippen LogP) is 3.39. The number of nitrogens with zero attached hydrogens (tertiary/aromatic N) is 2. The van der Waals surface area contributed by atoms with Crippen LogP contribution in [0.3, 0.4) is 0 Å². The molecule has 1 amide bonds. The van der Waals surface area contributed by atoms with Crippen molar-refractivity contribution in [2.24, 2.45) is 0 Å². The van der Waals surface area contributed by atoms with E-state index in [1.165, 1.54) is 0 Å². The summed E-state index contributed by atoms with van der Waals surface area (Å²) in [6, 6.07) is 5.72. The number of thioether (sulfide) groups is 1. The van der Waals surface area contributed by atoms with Crippen LogP contribution in [0.15, 0.2) is 18.2 Å². The van der Waals surface area contributed by atoms with Gasteiger partial charge in [-0.05, 0) is 24.8 Å². The van der Waals surface area contributed by atoms with E-state index in [2.05, 4.69) is 4.90 Å². The number of amides is 1. The number of benzene rings is 1. The lowest BCUT2D eigenvalue weighted by atomic mass is 10.2. The molecule has 1 fully saturated rings. The van der Waals surface area contributed by atoms with Crippen LogP contribution in [0.5, 0.6) is 0 Å². The number of carbonyl (C=O) groups excluding carboxylic acids is 1. The molecule has 0 aromatic heterocycles. The molecule has 0 aliphatic carbocycles. The van der Waals surface area contributed by atoms with Crippen molar-refractivity contribution in [1.29, 1.82) is 0 Å². The summed E-state index contributed by atoms with van der Waals surface area (Å²) in [5, 5.41) is 1.27. The van der Waals surface area contributed by atoms with E-state index in [-0.39, 0.29) is 11.2 Å². The normalized spacial score (nSPS) is 17.8. The molecule has 3 nitrogen and oxygen atoms in total. The second kappa shape index (κ2) is 7.73. The molecule has 1 atom stereocenters. The fourth-order valence-electron chi connectivity index (χ4n) is 2.40. The third-order valence-electron chi connectivity index (χ3n) is 3.81. The zero-order valence-corrected chi connectivity index (χ0v) is 14.6. The van der Waals surface area contributed by atoms with Crippen LogP contribution in [-0.4, -0.2) is 53.4 Å². The topological polar surface area (TPSA) is 23.6 Å². The Labute approximate surface area is 140 Å². The van der Waals surface area contributed by atoms with E-state index in [1.807, 2.05) is 30.2 Å². The first kappa shape index (κ1) is 16.9. The van der Waals surface area contributed by atoms with Gasteiger partial charge in [0.15, 0.2) is 0 Å². The van der Waals surface area contributed by atoms with Crippen molar-refractivity contribution in [3.8, 4) is 0 Å². The van der Waals surface area contributed by atoms with Crippen molar-refractivity contribution >= 4 is 40.9 Å². The van der Waals surface area contributed by atoms with Gasteiger partial charge in [0.1, 0.15) is 0 Å². The zero-order valence-electron chi connectivity index (χ0n) is 12.3. The van der Waals surface area contributed by atoms with Crippen LogP contribution in [0.1, 0.15) is 12.5 Å². The minimum absolute atomic E-state index is 0.0407. The molecule has 0 spiro atoms. The lowest BCUT2D eigenvalue weighted by molar-refractivity contribution is -0.132. The number of hydrogen-bond acceptors (Lipinski definition) is 3. The van der Waals surface area contributed by atoms with Crippen molar-refractivity contribution in [3.63, 3.8) is 0 Å². The van der Waals surface area contributed by atoms with Crippen molar-refractivity contribution in [2.45, 2.75) is 18.7 Å². The molecule has 0 bridgehead atoms. The van der Waals surface area contributed by atoms with Gasteiger partial charge >= 0.3 is 0 Å². The molecule has 1 aromatic rings. The largest absolute Gasteiger partial charge is 0.339 e. The standard InChI is InChI=1S/C15H20Cl2N2OS/c1-11(21-2)15(20)19-8-6-18(7-9-19)10-12-4-3-5-13(16)14(12)17/h3-5,11H,6-10H2,1-2H3. The lowest BCUT2D eigenvalue weighted by Crippen LogP contribution is -2.50. The second-order valence-electron chi connectivity index (χ2n) is 5.19. The average Bonchev–Trinajstić information content (AvgIpc) is 2.51. The molecular formula is C15H20Cl2N2OS. The Balaban J connectivity index is 1.90. The first-order chi connectivity index (χ1) is 10.0. The van der Waals surface area contributed by atoms with Gasteiger partial charge in [0, 0.05) is 32.7 Å². The van der Waals surface area contributed by atoms with Gasteiger partial charge in [-0.1, -0.05) is 35.3 Å². The third kappa shape index (κ3) is 4.28. The van der Waals surface area contributed by atoms with Crippen LogP contribution >= 0.6 is 35.0 Å². The Morgan fingerprint density at radius 3 is 2.57 bits per heavy atom. The Morgan fingerprint density at radius 2 is 1.95 bits per heavy atom. The Kier molecular flexibility index (Phi) is 6.23. The highest BCUT2D eigenvalue weighted by molar-refractivity contribution is 7.99. The highest BCUT2D eigenvalue weighted by atomic mass is 35.5. The molecule has 1 aliphatic heterocycles. The molecule has 1 heterocycles. The fraction of sp³-hybridized carbons (Fsp3) is 0.533. The van der Waals surface area contributed by atoms with Crippen LogP contribution in [0.4, 0.5) is 0 Å². The molecule has 116 valence electrons. The smallest absolute Gasteiger partial charge is 0.235 e. The average molecular weight is 347 g/mol. The van der Waals surface area contributed by atoms with Gasteiger partial charge in [0.25, 0.3) is 0 Å². The van der Waals surface area contributed by atoms with Gasteiger partial charge in [-0.2, -0.15) is 11.8 Å². The van der Waals surface area contributed by atoms with E-state index in [0.717, 1.165) is 38.3 Å². The number of hydrogen-bond donors (Lipinski definition) is 0. The predicted molar refractivity (Wildman–Crippen MR) is 91.3 cm³/mol. The number of halogens is 2. The maximum atomic E-state index is 12.1. The summed E-state index contributed by atoms with van der Waals surface area (Å²) in [4.78, 5) is 16.4. The molecule has 6 heteroatoms. The minimum Gasteiger partial charge on any atom is -0.339 e. The Bertz CT molecular complexity index is 504. The number of carbonyl (C=O) groups is 1. The monoisotopic (exact) mass is 346 g/mol. The van der Waals surface area contributed by atoms with E-state index in [4.69, 9.17) is 23.2 Å². The molecule has 0 saturated carbocycles. The van der Waals surface area contributed by atoms with Crippen molar-refractivity contribution in [3.05, 3.63) is 33.8 Å². The highest BCUT2D eigenvalue weighted by Crippen LogP contribution is 2.26. The summed E-state index contributed by atoms with van der Waals surface area (Å²) >= 11 is 13.9. The second-order valence-corrected chi connectivity index (χ2v) is 7.16. The molecular weight excluding hydrogens is 327 g/mol. The molecule has 1 aliphatic rings. The van der Waals surface area contributed by atoms with E-state index < -0.39 is 0 Å². The van der Waals surface area contributed by atoms with Crippen LogP contribution in [-0.2, 0) is 11.3 Å². The fourth-order valence-corrected chi connectivity index (χ4v) is 3.13. The summed E-state index contributed by atoms with van der Waals surface area (Å²) in [5.74, 6) is 0.239. The highest BCUT2D eigenvalue weighted by Gasteiger charge is 2.24. The van der Waals surface area contributed by atoms with E-state index in [1.54, 1.807) is 17.8 Å². The summed E-state index contributed by atoms with van der Waals surface area (Å²) in [7, 11) is 0. The molecule has 1 unspecified atom stereocenters. The maximum Gasteiger partial charge on any atom is 0.235 e. The summed E-state index contributed by atoms with van der Waals surface area (Å²) in [6.45, 7) is 6.04. The van der Waals surface area contributed by atoms with Crippen molar-refractivity contribution in [1.82, 2.24) is 9.80 Å². The Hall–Kier alpha value is -0.420. The Morgan fingerprint density at radius 1 is 1.29 bits per heavy atom. The lowest BCUT2D eigenvalue weighted by Gasteiger charge is -2.35. The number of piperazine rings is 1. The molecule has 2 rings (SSSR count). The van der Waals surface area contributed by atoms with Gasteiger partial charge in [-0.25, -0.2) is 0 Å². The first-order valence-electron chi connectivity index (χ1n) is 6.99. The number of rotatable bonds is 4. The van der Waals surface area contributed by atoms with Crippen LogP contribution in [0, 0.1) is 0 Å². The molecule has 1 saturated heterocycles. The third-order valence-corrected chi connectivity index (χ3v) is 5.58. The summed E-state index contributed by atoms with van der Waals surface area (Å²) in [5.41, 5.74) is 1.04. The van der Waals surface area contributed by atoms with Gasteiger partial charge < -0.3 is 4.90 Å². The van der Waals surface area contributed by atoms with Gasteiger partial charge in [0.2, 0.25) is 5.91 Å². The van der Waals surface area contributed by atoms with Crippen LogP contribution in [0.25, 0.3) is 0 Å².